The minimum absolute atomic E-state index is 0.0464. The van der Waals surface area contributed by atoms with Gasteiger partial charge in [-0.2, -0.15) is 4.31 Å². The van der Waals surface area contributed by atoms with Crippen molar-refractivity contribution in [1.82, 2.24) is 24.6 Å². The van der Waals surface area contributed by atoms with Gasteiger partial charge in [-0.25, -0.2) is 8.42 Å². The first-order chi connectivity index (χ1) is 21.1. The van der Waals surface area contributed by atoms with Gasteiger partial charge in [0.15, 0.2) is 0 Å². The average molecular weight is 621 g/mol. The number of fused-ring (bicyclic) bond motifs is 1. The van der Waals surface area contributed by atoms with E-state index in [-0.39, 0.29) is 12.0 Å². The maximum absolute atomic E-state index is 13.0. The predicted octanol–water partition coefficient (Wildman–Crippen LogP) is 4.53. The topological polar surface area (TPSA) is 160 Å². The molecule has 11 nitrogen and oxygen atoms in total. The Morgan fingerprint density at radius 2 is 1.82 bits per heavy atom. The number of amides is 2. The summed E-state index contributed by atoms with van der Waals surface area (Å²) in [7, 11) is -3.48. The highest BCUT2D eigenvalue weighted by molar-refractivity contribution is 7.89. The van der Waals surface area contributed by atoms with Gasteiger partial charge in [0.05, 0.1) is 11.0 Å². The van der Waals surface area contributed by atoms with Crippen LogP contribution in [0.15, 0.2) is 78.1 Å². The van der Waals surface area contributed by atoms with Crippen molar-refractivity contribution < 1.29 is 22.7 Å². The number of primary amides is 1. The molecule has 4 N–H and O–H groups in total. The molecule has 0 unspecified atom stereocenters. The summed E-state index contributed by atoms with van der Waals surface area (Å²) in [6.45, 7) is 5.59. The van der Waals surface area contributed by atoms with Gasteiger partial charge in [0, 0.05) is 49.1 Å². The Morgan fingerprint density at radius 3 is 2.43 bits per heavy atom. The molecule has 4 aromatic rings. The van der Waals surface area contributed by atoms with E-state index in [0.29, 0.717) is 47.6 Å². The number of H-pyrrole nitrogens is 1. The normalized spacial score (nSPS) is 14.2. The number of piperidine rings is 1. The lowest BCUT2D eigenvalue weighted by molar-refractivity contribution is 0.0947. The molecular weight excluding hydrogens is 580 g/mol. The van der Waals surface area contributed by atoms with Gasteiger partial charge in [-0.1, -0.05) is 18.9 Å². The lowest BCUT2D eigenvalue weighted by Crippen LogP contribution is -2.38. The Labute approximate surface area is 258 Å². The molecule has 2 amide bonds. The van der Waals surface area contributed by atoms with Crippen molar-refractivity contribution in [3.63, 3.8) is 0 Å². The molecule has 0 spiro atoms. The van der Waals surface area contributed by atoms with E-state index in [9.17, 15) is 18.0 Å². The second kappa shape index (κ2) is 15.4. The van der Waals surface area contributed by atoms with Crippen LogP contribution in [0.1, 0.15) is 66.9 Å². The fourth-order valence-electron chi connectivity index (χ4n) is 5.01. The van der Waals surface area contributed by atoms with Crippen molar-refractivity contribution in [3.05, 3.63) is 84.6 Å². The summed E-state index contributed by atoms with van der Waals surface area (Å²) in [6.07, 6.45) is 9.68. The van der Waals surface area contributed by atoms with E-state index in [1.807, 2.05) is 26.0 Å². The number of rotatable bonds is 11. The quantitative estimate of drug-likeness (QED) is 0.208. The molecule has 1 fully saturated rings. The number of sulfonamides is 1. The molecule has 1 saturated heterocycles. The monoisotopic (exact) mass is 620 g/mol. The molecule has 0 aliphatic carbocycles. The van der Waals surface area contributed by atoms with Crippen LogP contribution in [0.4, 0.5) is 0 Å². The fourth-order valence-corrected chi connectivity index (χ4v) is 6.48. The van der Waals surface area contributed by atoms with Gasteiger partial charge in [-0.05, 0) is 87.6 Å². The number of carbonyl (C=O) groups is 2. The van der Waals surface area contributed by atoms with E-state index in [4.69, 9.17) is 10.5 Å². The molecule has 0 bridgehead atoms. The van der Waals surface area contributed by atoms with Gasteiger partial charge in [0.25, 0.3) is 11.8 Å². The molecule has 0 atom stereocenters. The maximum Gasteiger partial charge on any atom is 0.267 e. The number of ether oxygens (including phenoxy) is 1. The maximum atomic E-state index is 13.0. The number of aromatic nitrogens is 3. The molecule has 12 heteroatoms. The molecule has 5 rings (SSSR count). The lowest BCUT2D eigenvalue weighted by atomic mass is 9.92. The van der Waals surface area contributed by atoms with Crippen molar-refractivity contribution in [1.29, 1.82) is 0 Å². The average Bonchev–Trinajstić information content (AvgIpc) is 3.47. The lowest BCUT2D eigenvalue weighted by Gasteiger charge is -2.31. The van der Waals surface area contributed by atoms with E-state index in [0.717, 1.165) is 43.0 Å². The zero-order valence-electron chi connectivity index (χ0n) is 25.1. The van der Waals surface area contributed by atoms with Crippen LogP contribution in [0.25, 0.3) is 10.9 Å². The molecule has 234 valence electrons. The summed E-state index contributed by atoms with van der Waals surface area (Å²) in [4.78, 5) is 33.9. The third-order valence-corrected chi connectivity index (χ3v) is 9.23. The number of nitrogens with zero attached hydrogens (tertiary/aromatic N) is 3. The second-order valence-electron chi connectivity index (χ2n) is 11.0. The zero-order chi connectivity index (χ0) is 31.5. The van der Waals surface area contributed by atoms with Gasteiger partial charge in [0.2, 0.25) is 10.0 Å². The number of hydrogen-bond donors (Lipinski definition) is 3. The van der Waals surface area contributed by atoms with Gasteiger partial charge in [-0.15, -0.1) is 0 Å². The predicted molar refractivity (Wildman–Crippen MR) is 169 cm³/mol. The third kappa shape index (κ3) is 9.10. The number of aromatic amines is 1. The van der Waals surface area contributed by atoms with Gasteiger partial charge in [-0.3, -0.25) is 19.6 Å². The number of nitrogens with two attached hydrogens (primary N) is 1. The standard InChI is InChI=1S/C26H34N4O4S.C6H6N2O/c1-19(2)34-22-6-8-23(9-7-22)35(32,33)30-15-11-20(12-16-30)5-3-4-13-28-26(31)25-17-21-18-27-14-10-24(21)29-25;7-6(9)5-3-1-2-4-8-5/h6-10,14,17-20,29H,3-5,11-13,15-16H2,1-2H3,(H,28,31);1-4H,(H2,7,9). The zero-order valence-corrected chi connectivity index (χ0v) is 25.9. The summed E-state index contributed by atoms with van der Waals surface area (Å²) < 4.78 is 33.2. The molecular formula is C32H40N6O5S. The van der Waals surface area contributed by atoms with E-state index < -0.39 is 15.9 Å². The van der Waals surface area contributed by atoms with Gasteiger partial charge in [0.1, 0.15) is 17.1 Å². The van der Waals surface area contributed by atoms with Crippen LogP contribution in [0.3, 0.4) is 0 Å². The van der Waals surface area contributed by atoms with Crippen LogP contribution in [0, 0.1) is 5.92 Å². The molecule has 44 heavy (non-hydrogen) atoms. The van der Waals surface area contributed by atoms with Crippen molar-refractivity contribution >= 4 is 32.7 Å². The second-order valence-corrected chi connectivity index (χ2v) is 12.9. The molecule has 1 aromatic carbocycles. The first-order valence-corrected chi connectivity index (χ1v) is 16.3. The molecule has 3 aromatic heterocycles. The summed E-state index contributed by atoms with van der Waals surface area (Å²) in [6, 6.07) is 15.4. The van der Waals surface area contributed by atoms with E-state index in [1.54, 1.807) is 59.2 Å². The van der Waals surface area contributed by atoms with Crippen LogP contribution in [0.2, 0.25) is 0 Å². The van der Waals surface area contributed by atoms with Crippen LogP contribution < -0.4 is 15.8 Å². The van der Waals surface area contributed by atoms with E-state index in [1.165, 1.54) is 6.20 Å². The molecule has 0 radical (unpaired) electrons. The first-order valence-electron chi connectivity index (χ1n) is 14.8. The Balaban J connectivity index is 0.000000421. The first kappa shape index (κ1) is 32.6. The molecule has 0 saturated carbocycles. The number of carbonyl (C=O) groups excluding carboxylic acids is 2. The fraction of sp³-hybridized carbons (Fsp3) is 0.375. The van der Waals surface area contributed by atoms with Crippen LogP contribution in [-0.2, 0) is 10.0 Å². The van der Waals surface area contributed by atoms with Crippen molar-refractivity contribution in [3.8, 4) is 5.75 Å². The number of pyridine rings is 2. The smallest absolute Gasteiger partial charge is 0.267 e. The minimum Gasteiger partial charge on any atom is -0.491 e. The molecule has 1 aliphatic heterocycles. The van der Waals surface area contributed by atoms with Crippen molar-refractivity contribution in [2.45, 2.75) is 57.0 Å². The van der Waals surface area contributed by atoms with E-state index >= 15 is 0 Å². The Kier molecular flexibility index (Phi) is 11.4. The minimum atomic E-state index is -3.48. The van der Waals surface area contributed by atoms with E-state index in [2.05, 4.69) is 20.3 Å². The number of nitrogens with one attached hydrogen (secondary N) is 2. The SMILES string of the molecule is CC(C)Oc1ccc(S(=O)(=O)N2CCC(CCCCNC(=O)c3cc4cnccc4[nH]3)CC2)cc1.NC(=O)c1ccccn1. The Hall–Kier alpha value is -4.29. The van der Waals surface area contributed by atoms with Crippen molar-refractivity contribution in [2.75, 3.05) is 19.6 Å². The Morgan fingerprint density at radius 1 is 1.07 bits per heavy atom. The highest BCUT2D eigenvalue weighted by atomic mass is 32.2. The largest absolute Gasteiger partial charge is 0.491 e. The van der Waals surface area contributed by atoms with Crippen LogP contribution >= 0.6 is 0 Å². The van der Waals surface area contributed by atoms with Crippen molar-refractivity contribution in [2.24, 2.45) is 11.7 Å². The summed E-state index contributed by atoms with van der Waals surface area (Å²) in [5.74, 6) is 0.590. The molecule has 1 aliphatic rings. The third-order valence-electron chi connectivity index (χ3n) is 7.31. The number of hydrogen-bond acceptors (Lipinski definition) is 7. The number of unbranched alkanes of at least 4 members (excludes halogenated alkanes) is 1. The highest BCUT2D eigenvalue weighted by Gasteiger charge is 2.29. The van der Waals surface area contributed by atoms with Crippen LogP contribution in [0.5, 0.6) is 5.75 Å². The van der Waals surface area contributed by atoms with Crippen LogP contribution in [-0.4, -0.2) is 65.2 Å². The summed E-state index contributed by atoms with van der Waals surface area (Å²) in [5, 5.41) is 3.89. The summed E-state index contributed by atoms with van der Waals surface area (Å²) >= 11 is 0. The Bertz CT molecular complexity index is 1580. The van der Waals surface area contributed by atoms with Gasteiger partial charge >= 0.3 is 0 Å². The highest BCUT2D eigenvalue weighted by Crippen LogP contribution is 2.27. The summed E-state index contributed by atoms with van der Waals surface area (Å²) in [5.41, 5.74) is 6.66. The van der Waals surface area contributed by atoms with Gasteiger partial charge < -0.3 is 20.8 Å². The number of benzene rings is 1. The molecule has 4 heterocycles.